The number of rotatable bonds is 6. The first-order valence-corrected chi connectivity index (χ1v) is 9.77. The second-order valence-corrected chi connectivity index (χ2v) is 7.50. The van der Waals surface area contributed by atoms with Gasteiger partial charge < -0.3 is 13.7 Å². The van der Waals surface area contributed by atoms with Crippen LogP contribution in [0.4, 0.5) is 4.39 Å². The molecule has 26 heavy (non-hydrogen) atoms. The molecule has 1 amide bonds. The Morgan fingerprint density at radius 2 is 2.12 bits per heavy atom. The molecule has 0 aliphatic carbocycles. The number of halogens is 2. The van der Waals surface area contributed by atoms with Crippen LogP contribution in [0.2, 0.25) is 0 Å². The Bertz CT molecular complexity index is 946. The molecule has 1 unspecified atom stereocenters. The molecule has 1 aromatic heterocycles. The van der Waals surface area contributed by atoms with Crippen molar-refractivity contribution < 1.29 is 22.9 Å². The summed E-state index contributed by atoms with van der Waals surface area (Å²) in [6.07, 6.45) is 0.799. The maximum atomic E-state index is 13.9. The molecule has 5 nitrogen and oxygen atoms in total. The number of carbonyl (C=O) groups is 1. The third kappa shape index (κ3) is 4.03. The van der Waals surface area contributed by atoms with Crippen LogP contribution in [0, 0.1) is 5.82 Å². The van der Waals surface area contributed by atoms with Crippen LogP contribution >= 0.6 is 15.9 Å². The summed E-state index contributed by atoms with van der Waals surface area (Å²) < 4.78 is 40.2. The number of hydrogen-bond donors (Lipinski definition) is 1. The Morgan fingerprint density at radius 1 is 1.35 bits per heavy atom. The molecule has 3 rings (SSSR count). The van der Waals surface area contributed by atoms with Gasteiger partial charge in [0.05, 0.1) is 12.0 Å². The fraction of sp³-hybridized carbons (Fsp3) is 0.167. The SMILES string of the molecule is CCCOc1ccccc1[S+]([O-])NC(=O)c1cc2c(F)cc(Br)cc2o1. The van der Waals surface area contributed by atoms with Crippen molar-refractivity contribution in [1.82, 2.24) is 4.72 Å². The molecule has 8 heteroatoms. The molecular weight excluding hydrogens is 425 g/mol. The summed E-state index contributed by atoms with van der Waals surface area (Å²) in [6, 6.07) is 10.9. The molecule has 1 atom stereocenters. The predicted octanol–water partition coefficient (Wildman–Crippen LogP) is 4.58. The predicted molar refractivity (Wildman–Crippen MR) is 100.0 cm³/mol. The normalized spacial score (nSPS) is 12.2. The highest BCUT2D eigenvalue weighted by Gasteiger charge is 2.24. The molecule has 1 N–H and O–H groups in total. The van der Waals surface area contributed by atoms with Crippen LogP contribution in [0.5, 0.6) is 5.75 Å². The van der Waals surface area contributed by atoms with Crippen molar-refractivity contribution in [2.75, 3.05) is 6.61 Å². The van der Waals surface area contributed by atoms with Gasteiger partial charge in [-0.3, -0.25) is 4.79 Å². The third-order valence-corrected chi connectivity index (χ3v) is 5.04. The molecule has 0 saturated carbocycles. The zero-order valence-corrected chi connectivity index (χ0v) is 16.2. The van der Waals surface area contributed by atoms with Gasteiger partial charge in [-0.25, -0.2) is 4.39 Å². The largest absolute Gasteiger partial charge is 0.588 e. The minimum atomic E-state index is -1.85. The minimum Gasteiger partial charge on any atom is -0.588 e. The van der Waals surface area contributed by atoms with Gasteiger partial charge in [0.15, 0.2) is 11.5 Å². The summed E-state index contributed by atoms with van der Waals surface area (Å²) in [4.78, 5) is 12.7. The number of ether oxygens (including phenoxy) is 1. The fourth-order valence-corrected chi connectivity index (χ4v) is 3.60. The number of fused-ring (bicyclic) bond motifs is 1. The standard InChI is InChI=1S/C18H15BrFNO4S/c1-2-7-24-14-5-3-4-6-17(14)26(23)21-18(22)16-10-12-13(20)8-11(19)9-15(12)25-16/h3-6,8-10H,2,7H2,1H3,(H,21,22). The summed E-state index contributed by atoms with van der Waals surface area (Å²) >= 11 is 1.32. The first-order chi connectivity index (χ1) is 12.5. The molecule has 0 aliphatic rings. The average molecular weight is 440 g/mol. The number of amides is 1. The summed E-state index contributed by atoms with van der Waals surface area (Å²) in [5.41, 5.74) is 0.222. The molecule has 0 radical (unpaired) electrons. The second-order valence-electron chi connectivity index (χ2n) is 5.41. The van der Waals surface area contributed by atoms with Gasteiger partial charge in [-0.05, 0) is 30.7 Å². The molecule has 3 aromatic rings. The monoisotopic (exact) mass is 439 g/mol. The van der Waals surface area contributed by atoms with Crippen LogP contribution < -0.4 is 9.46 Å². The van der Waals surface area contributed by atoms with Crippen LogP contribution in [-0.4, -0.2) is 17.1 Å². The first-order valence-electron chi connectivity index (χ1n) is 7.82. The van der Waals surface area contributed by atoms with Crippen LogP contribution in [0.15, 0.2) is 56.2 Å². The van der Waals surface area contributed by atoms with E-state index in [0.717, 1.165) is 6.42 Å². The third-order valence-electron chi connectivity index (χ3n) is 3.47. The van der Waals surface area contributed by atoms with Gasteiger partial charge in [0.25, 0.3) is 0 Å². The average Bonchev–Trinajstić information content (AvgIpc) is 3.04. The molecule has 0 bridgehead atoms. The second kappa shape index (κ2) is 8.11. The number of para-hydroxylation sites is 1. The maximum absolute atomic E-state index is 13.9. The van der Waals surface area contributed by atoms with Crippen molar-refractivity contribution in [2.45, 2.75) is 18.2 Å². The van der Waals surface area contributed by atoms with Gasteiger partial charge in [-0.2, -0.15) is 4.72 Å². The number of hydrogen-bond acceptors (Lipinski definition) is 4. The van der Waals surface area contributed by atoms with Gasteiger partial charge in [0, 0.05) is 10.5 Å². The highest BCUT2D eigenvalue weighted by Crippen LogP contribution is 2.27. The van der Waals surface area contributed by atoms with E-state index in [9.17, 15) is 13.7 Å². The minimum absolute atomic E-state index is 0.127. The molecule has 0 aliphatic heterocycles. The highest BCUT2D eigenvalue weighted by atomic mass is 79.9. The molecule has 1 heterocycles. The summed E-state index contributed by atoms with van der Waals surface area (Å²) in [6.45, 7) is 2.43. The quantitative estimate of drug-likeness (QED) is 0.570. The van der Waals surface area contributed by atoms with E-state index in [1.54, 1.807) is 30.3 Å². The summed E-state index contributed by atoms with van der Waals surface area (Å²) in [5.74, 6) is -0.915. The van der Waals surface area contributed by atoms with Gasteiger partial charge in [-0.15, -0.1) is 0 Å². The summed E-state index contributed by atoms with van der Waals surface area (Å²) in [5, 5.41) is 0.177. The summed E-state index contributed by atoms with van der Waals surface area (Å²) in [7, 11) is 0. The first kappa shape index (κ1) is 18.8. The fourth-order valence-electron chi connectivity index (χ4n) is 2.30. The number of benzene rings is 2. The van der Waals surface area contributed by atoms with E-state index in [4.69, 9.17) is 9.15 Å². The Morgan fingerprint density at radius 3 is 2.88 bits per heavy atom. The lowest BCUT2D eigenvalue weighted by Gasteiger charge is -2.13. The zero-order valence-electron chi connectivity index (χ0n) is 13.8. The lowest BCUT2D eigenvalue weighted by Crippen LogP contribution is -2.30. The van der Waals surface area contributed by atoms with E-state index >= 15 is 0 Å². The molecule has 0 fully saturated rings. The number of carbonyl (C=O) groups excluding carboxylic acids is 1. The Kier molecular flexibility index (Phi) is 5.85. The van der Waals surface area contributed by atoms with Gasteiger partial charge in [-0.1, -0.05) is 35.0 Å². The van der Waals surface area contributed by atoms with Crippen LogP contribution in [0.1, 0.15) is 23.9 Å². The van der Waals surface area contributed by atoms with Crippen molar-refractivity contribution in [3.8, 4) is 5.75 Å². The molecule has 136 valence electrons. The maximum Gasteiger partial charge on any atom is 0.328 e. The van der Waals surface area contributed by atoms with E-state index in [1.165, 1.54) is 12.1 Å². The van der Waals surface area contributed by atoms with Gasteiger partial charge >= 0.3 is 5.91 Å². The van der Waals surface area contributed by atoms with Crippen molar-refractivity contribution in [3.63, 3.8) is 0 Å². The lowest BCUT2D eigenvalue weighted by molar-refractivity contribution is 0.0956. The van der Waals surface area contributed by atoms with E-state index in [0.29, 0.717) is 21.7 Å². The van der Waals surface area contributed by atoms with Gasteiger partial charge in [0.1, 0.15) is 22.8 Å². The molecule has 0 spiro atoms. The van der Waals surface area contributed by atoms with Crippen molar-refractivity contribution in [1.29, 1.82) is 0 Å². The smallest absolute Gasteiger partial charge is 0.328 e. The highest BCUT2D eigenvalue weighted by molar-refractivity contribution is 9.10. The van der Waals surface area contributed by atoms with Crippen LogP contribution in [0.3, 0.4) is 0 Å². The van der Waals surface area contributed by atoms with E-state index in [1.807, 2.05) is 6.92 Å². The lowest BCUT2D eigenvalue weighted by atomic mass is 10.2. The molecule has 2 aromatic carbocycles. The Hall–Kier alpha value is -2.03. The van der Waals surface area contributed by atoms with Crippen molar-refractivity contribution >= 4 is 44.2 Å². The van der Waals surface area contributed by atoms with E-state index < -0.39 is 23.1 Å². The van der Waals surface area contributed by atoms with Crippen LogP contribution in [-0.2, 0) is 11.4 Å². The Balaban J connectivity index is 1.81. The van der Waals surface area contributed by atoms with E-state index in [-0.39, 0.29) is 16.7 Å². The zero-order chi connectivity index (χ0) is 18.7. The molecule has 0 saturated heterocycles. The number of nitrogens with one attached hydrogen (secondary N) is 1. The Labute approximate surface area is 161 Å². The molecular formula is C18H15BrFNO4S. The number of furan rings is 1. The van der Waals surface area contributed by atoms with Crippen molar-refractivity contribution in [3.05, 3.63) is 58.5 Å². The van der Waals surface area contributed by atoms with Gasteiger partial charge in [0.2, 0.25) is 4.90 Å². The van der Waals surface area contributed by atoms with Crippen molar-refractivity contribution in [2.24, 2.45) is 0 Å². The van der Waals surface area contributed by atoms with Crippen LogP contribution in [0.25, 0.3) is 11.0 Å². The topological polar surface area (TPSA) is 74.5 Å². The van der Waals surface area contributed by atoms with E-state index in [2.05, 4.69) is 20.7 Å².